The predicted molar refractivity (Wildman–Crippen MR) is 73.4 cm³/mol. The SMILES string of the molecule is Cc1cc(C)n(CC(=O)Nc2ccc(Cl)c(O)c2)n1. The van der Waals surface area contributed by atoms with Gasteiger partial charge in [0.1, 0.15) is 12.3 Å². The molecule has 0 aliphatic rings. The molecule has 0 aliphatic heterocycles. The van der Waals surface area contributed by atoms with E-state index in [0.29, 0.717) is 5.69 Å². The molecule has 2 N–H and O–H groups in total. The highest BCUT2D eigenvalue weighted by atomic mass is 35.5. The second kappa shape index (κ2) is 5.32. The molecule has 1 amide bonds. The van der Waals surface area contributed by atoms with Crippen molar-refractivity contribution in [2.24, 2.45) is 0 Å². The summed E-state index contributed by atoms with van der Waals surface area (Å²) in [6, 6.07) is 6.46. The number of benzene rings is 1. The smallest absolute Gasteiger partial charge is 0.246 e. The first kappa shape index (κ1) is 13.4. The highest BCUT2D eigenvalue weighted by Gasteiger charge is 2.08. The number of carbonyl (C=O) groups is 1. The normalized spacial score (nSPS) is 10.5. The third-order valence-electron chi connectivity index (χ3n) is 2.63. The Balaban J connectivity index is 2.05. The van der Waals surface area contributed by atoms with E-state index in [1.54, 1.807) is 10.7 Å². The monoisotopic (exact) mass is 279 g/mol. The standard InChI is InChI=1S/C13H14ClN3O2/c1-8-5-9(2)17(16-8)7-13(19)15-10-3-4-11(14)12(18)6-10/h3-6,18H,7H2,1-2H3,(H,15,19). The molecule has 0 radical (unpaired) electrons. The zero-order valence-electron chi connectivity index (χ0n) is 10.6. The lowest BCUT2D eigenvalue weighted by atomic mass is 10.3. The first-order chi connectivity index (χ1) is 8.95. The number of rotatable bonds is 3. The molecule has 0 unspecified atom stereocenters. The van der Waals surface area contributed by atoms with E-state index in [-0.39, 0.29) is 23.2 Å². The zero-order valence-corrected chi connectivity index (χ0v) is 11.4. The largest absolute Gasteiger partial charge is 0.506 e. The van der Waals surface area contributed by atoms with Crippen LogP contribution in [0.3, 0.4) is 0 Å². The number of amides is 1. The van der Waals surface area contributed by atoms with Crippen molar-refractivity contribution in [1.29, 1.82) is 0 Å². The van der Waals surface area contributed by atoms with E-state index in [9.17, 15) is 9.90 Å². The third kappa shape index (κ3) is 3.26. The number of hydrogen-bond donors (Lipinski definition) is 2. The fourth-order valence-corrected chi connectivity index (χ4v) is 1.88. The first-order valence-electron chi connectivity index (χ1n) is 5.75. The van der Waals surface area contributed by atoms with Crippen molar-refractivity contribution in [2.45, 2.75) is 20.4 Å². The lowest BCUT2D eigenvalue weighted by Crippen LogP contribution is -2.20. The lowest BCUT2D eigenvalue weighted by molar-refractivity contribution is -0.116. The average Bonchev–Trinajstić information content (AvgIpc) is 2.62. The van der Waals surface area contributed by atoms with Crippen LogP contribution in [0.5, 0.6) is 5.75 Å². The number of anilines is 1. The average molecular weight is 280 g/mol. The van der Waals surface area contributed by atoms with Gasteiger partial charge in [-0.25, -0.2) is 0 Å². The summed E-state index contributed by atoms with van der Waals surface area (Å²) in [6.45, 7) is 3.89. The Morgan fingerprint density at radius 1 is 1.42 bits per heavy atom. The second-order valence-corrected chi connectivity index (χ2v) is 4.71. The number of aromatic hydroxyl groups is 1. The van der Waals surface area contributed by atoms with Crippen molar-refractivity contribution in [3.05, 3.63) is 40.7 Å². The number of nitrogens with zero attached hydrogens (tertiary/aromatic N) is 2. The van der Waals surface area contributed by atoms with Crippen LogP contribution in [-0.4, -0.2) is 20.8 Å². The van der Waals surface area contributed by atoms with Crippen LogP contribution in [0.15, 0.2) is 24.3 Å². The van der Waals surface area contributed by atoms with Gasteiger partial charge in [0.15, 0.2) is 0 Å². The number of carbonyl (C=O) groups excluding carboxylic acids is 1. The van der Waals surface area contributed by atoms with Gasteiger partial charge >= 0.3 is 0 Å². The summed E-state index contributed by atoms with van der Waals surface area (Å²) >= 11 is 5.69. The van der Waals surface area contributed by atoms with Crippen molar-refractivity contribution in [3.63, 3.8) is 0 Å². The molecule has 0 bridgehead atoms. The van der Waals surface area contributed by atoms with Crippen molar-refractivity contribution < 1.29 is 9.90 Å². The fraction of sp³-hybridized carbons (Fsp3) is 0.231. The fourth-order valence-electron chi connectivity index (χ4n) is 1.76. The minimum Gasteiger partial charge on any atom is -0.506 e. The Labute approximate surface area is 115 Å². The summed E-state index contributed by atoms with van der Waals surface area (Å²) in [7, 11) is 0. The number of hydrogen-bond acceptors (Lipinski definition) is 3. The van der Waals surface area contributed by atoms with Gasteiger partial charge in [0, 0.05) is 17.4 Å². The van der Waals surface area contributed by atoms with E-state index >= 15 is 0 Å². The van der Waals surface area contributed by atoms with Crippen LogP contribution in [0, 0.1) is 13.8 Å². The molecule has 0 saturated carbocycles. The van der Waals surface area contributed by atoms with Crippen LogP contribution < -0.4 is 5.32 Å². The van der Waals surface area contributed by atoms with Crippen molar-refractivity contribution in [3.8, 4) is 5.75 Å². The number of aryl methyl sites for hydroxylation is 2. The molecule has 0 saturated heterocycles. The topological polar surface area (TPSA) is 67.2 Å². The summed E-state index contributed by atoms with van der Waals surface area (Å²) in [5, 5.41) is 16.6. The molecular formula is C13H14ClN3O2. The summed E-state index contributed by atoms with van der Waals surface area (Å²) in [5.41, 5.74) is 2.29. The van der Waals surface area contributed by atoms with E-state index in [4.69, 9.17) is 11.6 Å². The molecule has 2 rings (SSSR count). The molecule has 0 spiro atoms. The molecule has 19 heavy (non-hydrogen) atoms. The number of phenolic OH excluding ortho intramolecular Hbond substituents is 1. The Morgan fingerprint density at radius 3 is 2.74 bits per heavy atom. The molecule has 1 heterocycles. The van der Waals surface area contributed by atoms with Gasteiger partial charge in [-0.05, 0) is 32.0 Å². The van der Waals surface area contributed by atoms with Gasteiger partial charge < -0.3 is 10.4 Å². The Morgan fingerprint density at radius 2 is 2.16 bits per heavy atom. The van der Waals surface area contributed by atoms with Crippen LogP contribution in [0.1, 0.15) is 11.4 Å². The summed E-state index contributed by atoms with van der Waals surface area (Å²) in [4.78, 5) is 11.9. The Hall–Kier alpha value is -2.01. The molecule has 1 aromatic carbocycles. The van der Waals surface area contributed by atoms with Crippen molar-refractivity contribution in [2.75, 3.05) is 5.32 Å². The van der Waals surface area contributed by atoms with Gasteiger partial charge in [-0.1, -0.05) is 11.6 Å². The number of phenols is 1. The van der Waals surface area contributed by atoms with Gasteiger partial charge in [-0.2, -0.15) is 5.10 Å². The molecule has 2 aromatic rings. The van der Waals surface area contributed by atoms with Crippen LogP contribution >= 0.6 is 11.6 Å². The van der Waals surface area contributed by atoms with Crippen LogP contribution in [-0.2, 0) is 11.3 Å². The van der Waals surface area contributed by atoms with E-state index in [1.165, 1.54) is 12.1 Å². The van der Waals surface area contributed by atoms with Crippen LogP contribution in [0.2, 0.25) is 5.02 Å². The molecule has 0 fully saturated rings. The number of nitrogens with one attached hydrogen (secondary N) is 1. The Kier molecular flexibility index (Phi) is 3.76. The van der Waals surface area contributed by atoms with Gasteiger partial charge in [0.25, 0.3) is 0 Å². The number of halogens is 1. The molecule has 5 nitrogen and oxygen atoms in total. The van der Waals surface area contributed by atoms with Crippen LogP contribution in [0.25, 0.3) is 0 Å². The first-order valence-corrected chi connectivity index (χ1v) is 6.13. The predicted octanol–water partition coefficient (Wildman–Crippen LogP) is 2.50. The summed E-state index contributed by atoms with van der Waals surface area (Å²) in [6.07, 6.45) is 0. The van der Waals surface area contributed by atoms with Gasteiger partial charge in [0.2, 0.25) is 5.91 Å². The molecule has 0 atom stereocenters. The third-order valence-corrected chi connectivity index (χ3v) is 2.95. The quantitative estimate of drug-likeness (QED) is 0.907. The second-order valence-electron chi connectivity index (χ2n) is 4.30. The van der Waals surface area contributed by atoms with Crippen LogP contribution in [0.4, 0.5) is 5.69 Å². The van der Waals surface area contributed by atoms with Gasteiger partial charge in [-0.15, -0.1) is 0 Å². The molecule has 100 valence electrons. The highest BCUT2D eigenvalue weighted by molar-refractivity contribution is 6.32. The van der Waals surface area contributed by atoms with E-state index in [1.807, 2.05) is 19.9 Å². The molecule has 0 aliphatic carbocycles. The molecule has 6 heteroatoms. The summed E-state index contributed by atoms with van der Waals surface area (Å²) < 4.78 is 1.63. The van der Waals surface area contributed by atoms with E-state index < -0.39 is 0 Å². The van der Waals surface area contributed by atoms with E-state index in [2.05, 4.69) is 10.4 Å². The lowest BCUT2D eigenvalue weighted by Gasteiger charge is -2.07. The maximum atomic E-state index is 11.9. The maximum absolute atomic E-state index is 11.9. The maximum Gasteiger partial charge on any atom is 0.246 e. The van der Waals surface area contributed by atoms with E-state index in [0.717, 1.165) is 11.4 Å². The van der Waals surface area contributed by atoms with Crippen molar-refractivity contribution in [1.82, 2.24) is 9.78 Å². The summed E-state index contributed by atoms with van der Waals surface area (Å²) in [5.74, 6) is -0.279. The highest BCUT2D eigenvalue weighted by Crippen LogP contribution is 2.26. The molecular weight excluding hydrogens is 266 g/mol. The number of aromatic nitrogens is 2. The zero-order chi connectivity index (χ0) is 14.0. The van der Waals surface area contributed by atoms with Crippen molar-refractivity contribution >= 4 is 23.2 Å². The Bertz CT molecular complexity index is 622. The minimum atomic E-state index is -0.215. The minimum absolute atomic E-state index is 0.0643. The van der Waals surface area contributed by atoms with Gasteiger partial charge in [0.05, 0.1) is 10.7 Å². The van der Waals surface area contributed by atoms with Gasteiger partial charge in [-0.3, -0.25) is 9.48 Å². The molecule has 1 aromatic heterocycles.